The van der Waals surface area contributed by atoms with Gasteiger partial charge in [0.25, 0.3) is 0 Å². The predicted octanol–water partition coefficient (Wildman–Crippen LogP) is 2.06. The minimum atomic E-state index is -1.21. The summed E-state index contributed by atoms with van der Waals surface area (Å²) >= 11 is 9.06. The molecule has 4 N–H and O–H groups in total. The molecule has 2 amide bonds. The predicted molar refractivity (Wildman–Crippen MR) is 74.4 cm³/mol. The summed E-state index contributed by atoms with van der Waals surface area (Å²) in [7, 11) is 0. The first-order chi connectivity index (χ1) is 8.95. The molecule has 6 nitrogen and oxygen atoms in total. The van der Waals surface area contributed by atoms with Crippen molar-refractivity contribution in [3.05, 3.63) is 27.7 Å². The van der Waals surface area contributed by atoms with Gasteiger partial charge in [0.2, 0.25) is 0 Å². The highest BCUT2D eigenvalue weighted by Crippen LogP contribution is 2.29. The number of amides is 2. The smallest absolute Gasteiger partial charge is 0.326 e. The number of carbonyl (C=O) groups is 2. The van der Waals surface area contributed by atoms with E-state index in [0.717, 1.165) is 0 Å². The minimum Gasteiger partial charge on any atom is -0.480 e. The maximum Gasteiger partial charge on any atom is 0.326 e. The van der Waals surface area contributed by atoms with E-state index in [-0.39, 0.29) is 13.0 Å². The molecule has 0 saturated heterocycles. The van der Waals surface area contributed by atoms with Gasteiger partial charge in [0.05, 0.1) is 15.2 Å². The summed E-state index contributed by atoms with van der Waals surface area (Å²) < 4.78 is 0.501. The molecule has 0 spiro atoms. The monoisotopic (exact) mass is 350 g/mol. The van der Waals surface area contributed by atoms with Crippen LogP contribution in [0.15, 0.2) is 22.7 Å². The van der Waals surface area contributed by atoms with E-state index in [1.165, 1.54) is 0 Å². The molecule has 0 aromatic heterocycles. The topological polar surface area (TPSA) is 98.7 Å². The van der Waals surface area contributed by atoms with Crippen molar-refractivity contribution in [3.8, 4) is 0 Å². The Morgan fingerprint density at radius 1 is 1.42 bits per heavy atom. The maximum atomic E-state index is 11.6. The molecule has 104 valence electrons. The number of carboxylic acids is 1. The molecule has 8 heteroatoms. The molecule has 0 bridgehead atoms. The van der Waals surface area contributed by atoms with Crippen molar-refractivity contribution in [3.63, 3.8) is 0 Å². The fourth-order valence-corrected chi connectivity index (χ4v) is 1.84. The standard InChI is InChI=1S/C11H12BrClN2O4/c12-9-6(13)2-1-3-7(9)14-11(19)15-8(4-5-16)10(17)18/h1-3,8,16H,4-5H2,(H,17,18)(H2,14,15,19)/t8-/m1/s1. The number of anilines is 1. The highest BCUT2D eigenvalue weighted by atomic mass is 79.9. The van der Waals surface area contributed by atoms with Gasteiger partial charge in [0.15, 0.2) is 0 Å². The molecule has 0 aliphatic rings. The van der Waals surface area contributed by atoms with Gasteiger partial charge >= 0.3 is 12.0 Å². The van der Waals surface area contributed by atoms with Crippen LogP contribution in [0.4, 0.5) is 10.5 Å². The molecule has 0 heterocycles. The zero-order chi connectivity index (χ0) is 14.4. The minimum absolute atomic E-state index is 0.0700. The van der Waals surface area contributed by atoms with Gasteiger partial charge in [0, 0.05) is 13.0 Å². The first kappa shape index (κ1) is 15.7. The Morgan fingerprint density at radius 2 is 2.11 bits per heavy atom. The van der Waals surface area contributed by atoms with Crippen molar-refractivity contribution < 1.29 is 19.8 Å². The maximum absolute atomic E-state index is 11.6. The molecule has 0 saturated carbocycles. The van der Waals surface area contributed by atoms with Gasteiger partial charge in [-0.2, -0.15) is 0 Å². The van der Waals surface area contributed by atoms with Gasteiger partial charge in [-0.05, 0) is 28.1 Å². The van der Waals surface area contributed by atoms with Crippen molar-refractivity contribution in [2.75, 3.05) is 11.9 Å². The lowest BCUT2D eigenvalue weighted by Gasteiger charge is -2.14. The summed E-state index contributed by atoms with van der Waals surface area (Å²) in [6.45, 7) is -0.335. The van der Waals surface area contributed by atoms with E-state index in [4.69, 9.17) is 21.8 Å². The molecular formula is C11H12BrClN2O4. The Morgan fingerprint density at radius 3 is 2.68 bits per heavy atom. The first-order valence-electron chi connectivity index (χ1n) is 5.31. The van der Waals surface area contributed by atoms with E-state index in [1.54, 1.807) is 18.2 Å². The molecule has 1 aromatic carbocycles. The lowest BCUT2D eigenvalue weighted by atomic mass is 10.2. The van der Waals surface area contributed by atoms with Crippen molar-refractivity contribution in [1.82, 2.24) is 5.32 Å². The second kappa shape index (κ2) is 7.32. The van der Waals surface area contributed by atoms with Crippen molar-refractivity contribution in [2.45, 2.75) is 12.5 Å². The molecule has 1 atom stereocenters. The van der Waals surface area contributed by atoms with Gasteiger partial charge < -0.3 is 20.8 Å². The van der Waals surface area contributed by atoms with Crippen LogP contribution in [-0.2, 0) is 4.79 Å². The average Bonchev–Trinajstić information content (AvgIpc) is 2.34. The second-order valence-electron chi connectivity index (χ2n) is 3.60. The number of aliphatic hydroxyl groups is 1. The molecule has 0 aliphatic heterocycles. The molecule has 1 aromatic rings. The first-order valence-corrected chi connectivity index (χ1v) is 6.48. The number of benzene rings is 1. The van der Waals surface area contributed by atoms with Crippen LogP contribution in [0.25, 0.3) is 0 Å². The highest BCUT2D eigenvalue weighted by molar-refractivity contribution is 9.10. The lowest BCUT2D eigenvalue weighted by molar-refractivity contribution is -0.139. The zero-order valence-corrected chi connectivity index (χ0v) is 12.0. The number of aliphatic hydroxyl groups excluding tert-OH is 1. The largest absolute Gasteiger partial charge is 0.480 e. The van der Waals surface area contributed by atoms with Crippen LogP contribution < -0.4 is 10.6 Å². The Bertz CT molecular complexity index is 484. The molecule has 0 unspecified atom stereocenters. The molecule has 0 fully saturated rings. The summed E-state index contributed by atoms with van der Waals surface area (Å²) in [6.07, 6.45) is -0.0700. The van der Waals surface area contributed by atoms with Crippen LogP contribution in [0.5, 0.6) is 0 Å². The normalized spacial score (nSPS) is 11.7. The van der Waals surface area contributed by atoms with Crippen molar-refractivity contribution >= 4 is 45.2 Å². The van der Waals surface area contributed by atoms with Crippen LogP contribution in [0, 0.1) is 0 Å². The Labute approximate surface area is 122 Å². The third kappa shape index (κ3) is 4.70. The molecule has 0 radical (unpaired) electrons. The van der Waals surface area contributed by atoms with Crippen LogP contribution >= 0.6 is 27.5 Å². The molecular weight excluding hydrogens is 339 g/mol. The van der Waals surface area contributed by atoms with Crippen LogP contribution in [0.3, 0.4) is 0 Å². The number of hydrogen-bond donors (Lipinski definition) is 4. The number of nitrogens with one attached hydrogen (secondary N) is 2. The summed E-state index contributed by atoms with van der Waals surface area (Å²) in [5.74, 6) is -1.21. The molecule has 0 aliphatic carbocycles. The van der Waals surface area contributed by atoms with E-state index in [1.807, 2.05) is 0 Å². The summed E-state index contributed by atoms with van der Waals surface area (Å²) in [5.41, 5.74) is 0.415. The van der Waals surface area contributed by atoms with E-state index in [0.29, 0.717) is 15.2 Å². The highest BCUT2D eigenvalue weighted by Gasteiger charge is 2.19. The molecule has 19 heavy (non-hydrogen) atoms. The number of hydrogen-bond acceptors (Lipinski definition) is 3. The van der Waals surface area contributed by atoms with E-state index in [9.17, 15) is 9.59 Å². The van der Waals surface area contributed by atoms with E-state index < -0.39 is 18.0 Å². The van der Waals surface area contributed by atoms with E-state index in [2.05, 4.69) is 26.6 Å². The van der Waals surface area contributed by atoms with Gasteiger partial charge in [-0.15, -0.1) is 0 Å². The SMILES string of the molecule is O=C(Nc1cccc(Cl)c1Br)N[C@H](CCO)C(=O)O. The van der Waals surface area contributed by atoms with Crippen LogP contribution in [0.1, 0.15) is 6.42 Å². The second-order valence-corrected chi connectivity index (χ2v) is 4.80. The zero-order valence-electron chi connectivity index (χ0n) is 9.69. The number of carbonyl (C=O) groups excluding carboxylic acids is 1. The number of halogens is 2. The Kier molecular flexibility index (Phi) is 6.07. The van der Waals surface area contributed by atoms with Crippen LogP contribution in [0.2, 0.25) is 5.02 Å². The molecule has 1 rings (SSSR count). The number of aliphatic carboxylic acids is 1. The van der Waals surface area contributed by atoms with Crippen molar-refractivity contribution in [1.29, 1.82) is 0 Å². The lowest BCUT2D eigenvalue weighted by Crippen LogP contribution is -2.43. The van der Waals surface area contributed by atoms with Crippen molar-refractivity contribution in [2.24, 2.45) is 0 Å². The Hall–Kier alpha value is -1.31. The fourth-order valence-electron chi connectivity index (χ4n) is 1.30. The number of rotatable bonds is 5. The van der Waals surface area contributed by atoms with E-state index >= 15 is 0 Å². The average molecular weight is 352 g/mol. The summed E-state index contributed by atoms with van der Waals surface area (Å²) in [5, 5.41) is 22.7. The summed E-state index contributed by atoms with van der Waals surface area (Å²) in [4.78, 5) is 22.4. The van der Waals surface area contributed by atoms with Crippen LogP contribution in [-0.4, -0.2) is 34.9 Å². The third-order valence-electron chi connectivity index (χ3n) is 2.22. The van der Waals surface area contributed by atoms with Gasteiger partial charge in [-0.25, -0.2) is 9.59 Å². The fraction of sp³-hybridized carbons (Fsp3) is 0.273. The van der Waals surface area contributed by atoms with Gasteiger partial charge in [0.1, 0.15) is 6.04 Å². The Balaban J connectivity index is 2.69. The van der Waals surface area contributed by atoms with Gasteiger partial charge in [-0.1, -0.05) is 17.7 Å². The quantitative estimate of drug-likeness (QED) is 0.652. The summed E-state index contributed by atoms with van der Waals surface area (Å²) in [6, 6.07) is 3.05. The third-order valence-corrected chi connectivity index (χ3v) is 3.62. The number of carboxylic acid groups (broad SMARTS) is 1. The number of urea groups is 1. The van der Waals surface area contributed by atoms with Gasteiger partial charge in [-0.3, -0.25) is 0 Å².